The third kappa shape index (κ3) is 5.20. The summed E-state index contributed by atoms with van der Waals surface area (Å²) in [5, 5.41) is 2.77. The van der Waals surface area contributed by atoms with Crippen LogP contribution in [-0.4, -0.2) is 49.4 Å². The summed E-state index contributed by atoms with van der Waals surface area (Å²) in [4.78, 5) is 27.7. The molecule has 7 nitrogen and oxygen atoms in total. The fraction of sp³-hybridized carbons (Fsp3) is 0.800. The van der Waals surface area contributed by atoms with Gasteiger partial charge in [-0.25, -0.2) is 14.6 Å². The molecular weight excluding hydrogens is 288 g/mol. The van der Waals surface area contributed by atoms with Crippen molar-refractivity contribution in [2.45, 2.75) is 58.7 Å². The Labute approximate surface area is 131 Å². The first kappa shape index (κ1) is 18.3. The lowest BCUT2D eigenvalue weighted by atomic mass is 9.99. The lowest BCUT2D eigenvalue weighted by molar-refractivity contribution is -0.142. The van der Waals surface area contributed by atoms with Gasteiger partial charge in [-0.15, -0.1) is 0 Å². The molecule has 0 aromatic carbocycles. The SMILES string of the molecule is CCC(C)C(NC(=O)OC(C)(C)C)C1=NC(C(=O)OC)CO1. The van der Waals surface area contributed by atoms with Gasteiger partial charge >= 0.3 is 12.1 Å². The summed E-state index contributed by atoms with van der Waals surface area (Å²) in [5.41, 5.74) is -0.586. The topological polar surface area (TPSA) is 86.2 Å². The minimum absolute atomic E-state index is 0.0858. The molecule has 126 valence electrons. The van der Waals surface area contributed by atoms with E-state index in [1.54, 1.807) is 20.8 Å². The summed E-state index contributed by atoms with van der Waals surface area (Å²) in [6, 6.07) is -1.11. The molecule has 0 aliphatic carbocycles. The Balaban J connectivity index is 2.82. The molecule has 1 amide bonds. The predicted molar refractivity (Wildman–Crippen MR) is 81.8 cm³/mol. The number of methoxy groups -OCH3 is 1. The van der Waals surface area contributed by atoms with E-state index in [-0.39, 0.29) is 12.5 Å². The van der Waals surface area contributed by atoms with Crippen LogP contribution in [0, 0.1) is 5.92 Å². The smallest absolute Gasteiger partial charge is 0.408 e. The molecule has 0 spiro atoms. The van der Waals surface area contributed by atoms with Gasteiger partial charge in [0.2, 0.25) is 5.90 Å². The van der Waals surface area contributed by atoms with Crippen molar-refractivity contribution >= 4 is 18.0 Å². The summed E-state index contributed by atoms with van der Waals surface area (Å²) in [5.74, 6) is -0.0200. The van der Waals surface area contributed by atoms with Crippen molar-refractivity contribution in [2.75, 3.05) is 13.7 Å². The lowest BCUT2D eigenvalue weighted by Gasteiger charge is -2.26. The second-order valence-electron chi connectivity index (χ2n) is 6.33. The summed E-state index contributed by atoms with van der Waals surface area (Å²) in [6.07, 6.45) is 0.275. The lowest BCUT2D eigenvalue weighted by Crippen LogP contribution is -2.47. The first-order valence-corrected chi connectivity index (χ1v) is 7.45. The fourth-order valence-electron chi connectivity index (χ4n) is 1.94. The molecule has 22 heavy (non-hydrogen) atoms. The first-order chi connectivity index (χ1) is 10.2. The average molecular weight is 314 g/mol. The molecule has 0 fully saturated rings. The molecular formula is C15H26N2O5. The van der Waals surface area contributed by atoms with Crippen LogP contribution in [0.25, 0.3) is 0 Å². The summed E-state index contributed by atoms with van der Waals surface area (Å²) < 4.78 is 15.4. The third-order valence-electron chi connectivity index (χ3n) is 3.30. The standard InChI is InChI=1S/C15H26N2O5/c1-7-9(2)11(17-14(19)22-15(3,4)5)12-16-10(8-21-12)13(18)20-6/h9-11H,7-8H2,1-6H3,(H,17,19). The molecule has 0 aromatic rings. The van der Waals surface area contributed by atoms with Gasteiger partial charge in [-0.1, -0.05) is 20.3 Å². The van der Waals surface area contributed by atoms with Gasteiger partial charge < -0.3 is 19.5 Å². The van der Waals surface area contributed by atoms with Gasteiger partial charge in [0.1, 0.15) is 18.2 Å². The predicted octanol–water partition coefficient (Wildman–Crippen LogP) is 1.90. The number of nitrogens with one attached hydrogen (secondary N) is 1. The average Bonchev–Trinajstić information content (AvgIpc) is 2.90. The van der Waals surface area contributed by atoms with Crippen LogP contribution in [0.4, 0.5) is 4.79 Å². The molecule has 1 rings (SSSR count). The van der Waals surface area contributed by atoms with Crippen LogP contribution in [0.5, 0.6) is 0 Å². The van der Waals surface area contributed by atoms with Gasteiger partial charge in [0, 0.05) is 0 Å². The van der Waals surface area contributed by atoms with E-state index in [2.05, 4.69) is 15.0 Å². The molecule has 0 radical (unpaired) electrons. The highest BCUT2D eigenvalue weighted by Crippen LogP contribution is 2.17. The highest BCUT2D eigenvalue weighted by atomic mass is 16.6. The molecule has 0 saturated heterocycles. The van der Waals surface area contributed by atoms with Crippen molar-refractivity contribution in [2.24, 2.45) is 10.9 Å². The Kier molecular flexibility index (Phi) is 6.20. The molecule has 1 aliphatic heterocycles. The highest BCUT2D eigenvalue weighted by molar-refractivity contribution is 5.90. The van der Waals surface area contributed by atoms with Crippen LogP contribution in [0.2, 0.25) is 0 Å². The van der Waals surface area contributed by atoms with Crippen LogP contribution in [-0.2, 0) is 19.0 Å². The van der Waals surface area contributed by atoms with Crippen molar-refractivity contribution < 1.29 is 23.8 Å². The Hall–Kier alpha value is -1.79. The van der Waals surface area contributed by atoms with Crippen molar-refractivity contribution in [3.63, 3.8) is 0 Å². The fourth-order valence-corrected chi connectivity index (χ4v) is 1.94. The van der Waals surface area contributed by atoms with Crippen molar-refractivity contribution in [3.8, 4) is 0 Å². The minimum atomic E-state index is -0.674. The van der Waals surface area contributed by atoms with Gasteiger partial charge in [-0.3, -0.25) is 0 Å². The largest absolute Gasteiger partial charge is 0.477 e. The number of carbonyl (C=O) groups is 2. The maximum absolute atomic E-state index is 12.0. The van der Waals surface area contributed by atoms with Gasteiger partial charge in [0.05, 0.1) is 7.11 Å². The van der Waals surface area contributed by atoms with Gasteiger partial charge in [0.25, 0.3) is 0 Å². The third-order valence-corrected chi connectivity index (χ3v) is 3.30. The van der Waals surface area contributed by atoms with E-state index < -0.39 is 29.7 Å². The maximum Gasteiger partial charge on any atom is 0.408 e. The van der Waals surface area contributed by atoms with Crippen LogP contribution in [0.15, 0.2) is 4.99 Å². The number of ether oxygens (including phenoxy) is 3. The molecule has 3 atom stereocenters. The number of aliphatic imine (C=N–C) groups is 1. The van der Waals surface area contributed by atoms with E-state index in [1.165, 1.54) is 7.11 Å². The summed E-state index contributed by atoms with van der Waals surface area (Å²) in [7, 11) is 1.31. The number of nitrogens with zero attached hydrogens (tertiary/aromatic N) is 1. The molecule has 0 bridgehead atoms. The van der Waals surface area contributed by atoms with Crippen LogP contribution >= 0.6 is 0 Å². The van der Waals surface area contributed by atoms with Gasteiger partial charge in [-0.2, -0.15) is 0 Å². The zero-order chi connectivity index (χ0) is 16.9. The van der Waals surface area contributed by atoms with Crippen molar-refractivity contribution in [3.05, 3.63) is 0 Å². The molecule has 1 N–H and O–H groups in total. The first-order valence-electron chi connectivity index (χ1n) is 7.45. The zero-order valence-electron chi connectivity index (χ0n) is 14.1. The van der Waals surface area contributed by atoms with E-state index in [1.807, 2.05) is 13.8 Å². The number of hydrogen-bond acceptors (Lipinski definition) is 6. The maximum atomic E-state index is 12.0. The number of hydrogen-bond donors (Lipinski definition) is 1. The van der Waals surface area contributed by atoms with E-state index in [0.29, 0.717) is 5.90 Å². The van der Waals surface area contributed by atoms with Crippen molar-refractivity contribution in [1.82, 2.24) is 5.32 Å². The van der Waals surface area contributed by atoms with E-state index >= 15 is 0 Å². The quantitative estimate of drug-likeness (QED) is 0.783. The van der Waals surface area contributed by atoms with E-state index in [9.17, 15) is 9.59 Å². The molecule has 0 aromatic heterocycles. The minimum Gasteiger partial charge on any atom is -0.477 e. The second kappa shape index (κ2) is 7.47. The molecule has 3 unspecified atom stereocenters. The molecule has 1 aliphatic rings. The monoisotopic (exact) mass is 314 g/mol. The second-order valence-corrected chi connectivity index (χ2v) is 6.33. The molecule has 7 heteroatoms. The van der Waals surface area contributed by atoms with Crippen LogP contribution < -0.4 is 5.32 Å². The van der Waals surface area contributed by atoms with E-state index in [4.69, 9.17) is 9.47 Å². The van der Waals surface area contributed by atoms with Gasteiger partial charge in [0.15, 0.2) is 6.04 Å². The number of alkyl carbamates (subject to hydrolysis) is 1. The van der Waals surface area contributed by atoms with Crippen LogP contribution in [0.1, 0.15) is 41.0 Å². The number of amides is 1. The number of rotatable bonds is 5. The Morgan fingerprint density at radius 3 is 2.59 bits per heavy atom. The van der Waals surface area contributed by atoms with Crippen LogP contribution in [0.3, 0.4) is 0 Å². The Morgan fingerprint density at radius 1 is 1.45 bits per heavy atom. The molecule has 1 heterocycles. The Morgan fingerprint density at radius 2 is 2.09 bits per heavy atom. The zero-order valence-corrected chi connectivity index (χ0v) is 14.1. The summed E-state index contributed by atoms with van der Waals surface area (Å²) in [6.45, 7) is 9.48. The highest BCUT2D eigenvalue weighted by Gasteiger charge is 2.34. The Bertz CT molecular complexity index is 442. The van der Waals surface area contributed by atoms with Gasteiger partial charge in [-0.05, 0) is 26.7 Å². The number of carbonyl (C=O) groups excluding carboxylic acids is 2. The normalized spacial score (nSPS) is 20.5. The number of esters is 1. The summed E-state index contributed by atoms with van der Waals surface area (Å²) >= 11 is 0. The van der Waals surface area contributed by atoms with Crippen molar-refractivity contribution in [1.29, 1.82) is 0 Å². The molecule has 0 saturated carbocycles. The van der Waals surface area contributed by atoms with E-state index in [0.717, 1.165) is 6.42 Å².